The molecule has 0 radical (unpaired) electrons. The maximum Gasteiger partial charge on any atom is 0.287 e. The number of pyridine rings is 1. The third-order valence-corrected chi connectivity index (χ3v) is 4.43. The van der Waals surface area contributed by atoms with Gasteiger partial charge in [0.15, 0.2) is 5.76 Å². The van der Waals surface area contributed by atoms with E-state index in [1.54, 1.807) is 12.1 Å². The van der Waals surface area contributed by atoms with Gasteiger partial charge in [-0.3, -0.25) is 4.79 Å². The van der Waals surface area contributed by atoms with Gasteiger partial charge in [0.05, 0.1) is 5.52 Å². The Morgan fingerprint density at radius 2 is 1.96 bits per heavy atom. The number of aryl methyl sites for hydroxylation is 1. The van der Waals surface area contributed by atoms with Gasteiger partial charge in [-0.1, -0.05) is 41.9 Å². The second-order valence-corrected chi connectivity index (χ2v) is 6.38. The second kappa shape index (κ2) is 6.22. The Bertz CT molecular complexity index is 1100. The summed E-state index contributed by atoms with van der Waals surface area (Å²) in [7, 11) is 0. The standard InChI is InChI=1S/C20H15ClN2O2/c1-12-4-2-3-5-14(12)11-22-19(24)18-9-15-8-13-6-7-16(21)10-17(13)23-20(15)25-18/h2-10H,11H2,1H3,(H,22,24). The predicted molar refractivity (Wildman–Crippen MR) is 98.9 cm³/mol. The number of amides is 1. The van der Waals surface area contributed by atoms with Gasteiger partial charge in [0.2, 0.25) is 5.71 Å². The highest BCUT2D eigenvalue weighted by atomic mass is 35.5. The fraction of sp³-hybridized carbons (Fsp3) is 0.100. The van der Waals surface area contributed by atoms with Crippen LogP contribution in [0.5, 0.6) is 0 Å². The van der Waals surface area contributed by atoms with E-state index in [9.17, 15) is 4.79 Å². The number of nitrogens with zero attached hydrogens (tertiary/aromatic N) is 1. The van der Waals surface area contributed by atoms with Crippen LogP contribution in [0.2, 0.25) is 5.02 Å². The molecule has 0 spiro atoms. The zero-order valence-corrected chi connectivity index (χ0v) is 14.3. The van der Waals surface area contributed by atoms with Crippen LogP contribution in [0.15, 0.2) is 59.0 Å². The summed E-state index contributed by atoms with van der Waals surface area (Å²) in [5.74, 6) is -0.0131. The lowest BCUT2D eigenvalue weighted by molar-refractivity contribution is 0.0925. The van der Waals surface area contributed by atoms with Gasteiger partial charge in [0.25, 0.3) is 5.91 Å². The highest BCUT2D eigenvalue weighted by molar-refractivity contribution is 6.31. The number of carbonyl (C=O) groups excluding carboxylic acids is 1. The smallest absolute Gasteiger partial charge is 0.287 e. The molecule has 0 bridgehead atoms. The Morgan fingerprint density at radius 1 is 1.12 bits per heavy atom. The number of nitrogens with one attached hydrogen (secondary N) is 1. The number of rotatable bonds is 3. The minimum Gasteiger partial charge on any atom is -0.433 e. The van der Waals surface area contributed by atoms with Gasteiger partial charge in [0.1, 0.15) is 0 Å². The van der Waals surface area contributed by atoms with Crippen LogP contribution in [-0.4, -0.2) is 10.9 Å². The molecule has 0 fully saturated rings. The lowest BCUT2D eigenvalue weighted by Crippen LogP contribution is -2.22. The van der Waals surface area contributed by atoms with Crippen molar-refractivity contribution >= 4 is 39.5 Å². The highest BCUT2D eigenvalue weighted by Gasteiger charge is 2.14. The lowest BCUT2D eigenvalue weighted by atomic mass is 10.1. The van der Waals surface area contributed by atoms with E-state index in [1.165, 1.54) is 0 Å². The molecule has 0 saturated carbocycles. The summed E-state index contributed by atoms with van der Waals surface area (Å²) in [5.41, 5.74) is 3.37. The minimum absolute atomic E-state index is 0.248. The zero-order chi connectivity index (χ0) is 17.4. The lowest BCUT2D eigenvalue weighted by Gasteiger charge is -2.06. The Balaban J connectivity index is 1.61. The van der Waals surface area contributed by atoms with Gasteiger partial charge in [-0.25, -0.2) is 4.98 Å². The molecule has 0 aliphatic carbocycles. The second-order valence-electron chi connectivity index (χ2n) is 5.94. The first-order valence-corrected chi connectivity index (χ1v) is 8.30. The first kappa shape index (κ1) is 15.7. The van der Waals surface area contributed by atoms with Crippen LogP contribution in [0, 0.1) is 6.92 Å². The molecule has 0 saturated heterocycles. The highest BCUT2D eigenvalue weighted by Crippen LogP contribution is 2.25. The molecular formula is C20H15ClN2O2. The maximum atomic E-state index is 12.4. The number of aromatic nitrogens is 1. The molecule has 0 aliphatic heterocycles. The summed E-state index contributed by atoms with van der Waals surface area (Å²) >= 11 is 6.00. The molecule has 2 aromatic heterocycles. The number of hydrogen-bond acceptors (Lipinski definition) is 3. The van der Waals surface area contributed by atoms with E-state index < -0.39 is 0 Å². The van der Waals surface area contributed by atoms with Crippen molar-refractivity contribution in [3.8, 4) is 0 Å². The summed E-state index contributed by atoms with van der Waals surface area (Å²) in [6, 6.07) is 17.1. The van der Waals surface area contributed by atoms with Crippen LogP contribution >= 0.6 is 11.6 Å². The molecular weight excluding hydrogens is 336 g/mol. The molecule has 0 aliphatic rings. The number of fused-ring (bicyclic) bond motifs is 2. The van der Waals surface area contributed by atoms with E-state index >= 15 is 0 Å². The summed E-state index contributed by atoms with van der Waals surface area (Å²) < 4.78 is 5.63. The molecule has 25 heavy (non-hydrogen) atoms. The normalized spacial score (nSPS) is 11.1. The summed E-state index contributed by atoms with van der Waals surface area (Å²) in [4.78, 5) is 16.8. The van der Waals surface area contributed by atoms with Gasteiger partial charge in [0, 0.05) is 22.3 Å². The Morgan fingerprint density at radius 3 is 2.80 bits per heavy atom. The summed E-state index contributed by atoms with van der Waals surface area (Å²) in [6.45, 7) is 2.47. The van der Waals surface area contributed by atoms with Crippen LogP contribution in [0.4, 0.5) is 0 Å². The predicted octanol–water partition coefficient (Wildman–Crippen LogP) is 4.87. The van der Waals surface area contributed by atoms with Crippen molar-refractivity contribution in [1.29, 1.82) is 0 Å². The number of halogens is 1. The van der Waals surface area contributed by atoms with Crippen LogP contribution in [0.25, 0.3) is 22.0 Å². The summed E-state index contributed by atoms with van der Waals surface area (Å²) in [5, 5.41) is 5.24. The molecule has 2 aromatic carbocycles. The molecule has 2 heterocycles. The molecule has 0 atom stereocenters. The molecule has 5 heteroatoms. The van der Waals surface area contributed by atoms with Crippen molar-refractivity contribution < 1.29 is 9.21 Å². The average Bonchev–Trinajstić information content (AvgIpc) is 3.01. The van der Waals surface area contributed by atoms with Crippen molar-refractivity contribution in [1.82, 2.24) is 10.3 Å². The van der Waals surface area contributed by atoms with Gasteiger partial charge >= 0.3 is 0 Å². The average molecular weight is 351 g/mol. The van der Waals surface area contributed by atoms with Crippen molar-refractivity contribution in [2.24, 2.45) is 0 Å². The van der Waals surface area contributed by atoms with E-state index in [-0.39, 0.29) is 11.7 Å². The minimum atomic E-state index is -0.261. The van der Waals surface area contributed by atoms with Crippen molar-refractivity contribution in [2.75, 3.05) is 0 Å². The SMILES string of the molecule is Cc1ccccc1CNC(=O)c1cc2cc3ccc(Cl)cc3nc2o1. The molecule has 1 N–H and O–H groups in total. The molecule has 4 rings (SSSR count). The van der Waals surface area contributed by atoms with Crippen LogP contribution < -0.4 is 5.32 Å². The third kappa shape index (κ3) is 3.08. The third-order valence-electron chi connectivity index (χ3n) is 4.19. The zero-order valence-electron chi connectivity index (χ0n) is 13.5. The Hall–Kier alpha value is -2.85. The first-order chi connectivity index (χ1) is 12.1. The summed E-state index contributed by atoms with van der Waals surface area (Å²) in [6.07, 6.45) is 0. The van der Waals surface area contributed by atoms with Crippen molar-refractivity contribution in [3.05, 3.63) is 76.5 Å². The van der Waals surface area contributed by atoms with Gasteiger partial charge in [-0.05, 0) is 42.3 Å². The van der Waals surface area contributed by atoms with E-state index in [4.69, 9.17) is 16.0 Å². The van der Waals surface area contributed by atoms with Gasteiger partial charge < -0.3 is 9.73 Å². The number of furan rings is 1. The Kier molecular flexibility index (Phi) is 3.90. The van der Waals surface area contributed by atoms with Gasteiger partial charge in [-0.15, -0.1) is 0 Å². The number of benzene rings is 2. The van der Waals surface area contributed by atoms with Gasteiger partial charge in [-0.2, -0.15) is 0 Å². The van der Waals surface area contributed by atoms with E-state index in [0.29, 0.717) is 17.3 Å². The van der Waals surface area contributed by atoms with Crippen molar-refractivity contribution in [2.45, 2.75) is 13.5 Å². The molecule has 124 valence electrons. The van der Waals surface area contributed by atoms with Crippen LogP contribution in [-0.2, 0) is 6.54 Å². The quantitative estimate of drug-likeness (QED) is 0.573. The Labute approximate surface area is 149 Å². The fourth-order valence-electron chi connectivity index (χ4n) is 2.78. The fourth-order valence-corrected chi connectivity index (χ4v) is 2.95. The number of carbonyl (C=O) groups is 1. The molecule has 0 unspecified atom stereocenters. The maximum absolute atomic E-state index is 12.4. The molecule has 1 amide bonds. The first-order valence-electron chi connectivity index (χ1n) is 7.93. The number of hydrogen-bond donors (Lipinski definition) is 1. The van der Waals surface area contributed by atoms with Crippen LogP contribution in [0.3, 0.4) is 0 Å². The monoisotopic (exact) mass is 350 g/mol. The van der Waals surface area contributed by atoms with E-state index in [1.807, 2.05) is 49.4 Å². The largest absolute Gasteiger partial charge is 0.433 e. The molecule has 4 nitrogen and oxygen atoms in total. The van der Waals surface area contributed by atoms with E-state index in [0.717, 1.165) is 27.4 Å². The van der Waals surface area contributed by atoms with Crippen molar-refractivity contribution in [3.63, 3.8) is 0 Å². The van der Waals surface area contributed by atoms with E-state index in [2.05, 4.69) is 10.3 Å². The molecule has 4 aromatic rings. The topological polar surface area (TPSA) is 55.1 Å². The van der Waals surface area contributed by atoms with Crippen LogP contribution in [0.1, 0.15) is 21.7 Å².